The average Bonchev–Trinajstić information content (AvgIpc) is 3.06. The van der Waals surface area contributed by atoms with Gasteiger partial charge in [0.15, 0.2) is 24.8 Å². The first-order valence-corrected chi connectivity index (χ1v) is 8.43. The molecule has 0 N–H and O–H groups in total. The number of rotatable bonds is 6. The minimum Gasteiger partial charge on any atom is -0.208 e. The second-order valence-corrected chi connectivity index (χ2v) is 6.34. The standard InChI is InChI=1S/C20H26N2/c1-21-14-9-19(10-15-21)20-11-16-22(17-12-20)13-5-4-8-18-6-2-3-7-18/h2,6,9-12,14-18H,3-5,7-8,13H2,1H3/q+2/t18-/m1/s1. The second kappa shape index (κ2) is 7.35. The summed E-state index contributed by atoms with van der Waals surface area (Å²) in [6.07, 6.45) is 20.0. The monoisotopic (exact) mass is 294 g/mol. The third-order valence-corrected chi connectivity index (χ3v) is 4.56. The summed E-state index contributed by atoms with van der Waals surface area (Å²) >= 11 is 0. The van der Waals surface area contributed by atoms with Gasteiger partial charge in [-0.1, -0.05) is 12.2 Å². The Morgan fingerprint density at radius 1 is 0.955 bits per heavy atom. The SMILES string of the molecule is C[n+]1ccc(-c2cc[n+](CCCC[C@@H]3C=CCC3)cc2)cc1. The normalized spacial score (nSPS) is 17.0. The molecule has 0 aromatic carbocycles. The van der Waals surface area contributed by atoms with Gasteiger partial charge in [-0.15, -0.1) is 0 Å². The highest BCUT2D eigenvalue weighted by Crippen LogP contribution is 2.22. The molecule has 2 aromatic rings. The Labute approximate surface area is 133 Å². The maximum atomic E-state index is 2.40. The Morgan fingerprint density at radius 2 is 1.64 bits per heavy atom. The summed E-state index contributed by atoms with van der Waals surface area (Å²) in [5.41, 5.74) is 2.56. The molecule has 0 amide bonds. The highest BCUT2D eigenvalue weighted by molar-refractivity contribution is 5.60. The molecular weight excluding hydrogens is 268 g/mol. The van der Waals surface area contributed by atoms with E-state index in [0.717, 1.165) is 12.5 Å². The minimum atomic E-state index is 0.854. The van der Waals surface area contributed by atoms with E-state index in [1.807, 2.05) is 7.05 Å². The molecule has 2 heterocycles. The summed E-state index contributed by atoms with van der Waals surface area (Å²) in [7, 11) is 2.05. The molecule has 2 heteroatoms. The van der Waals surface area contributed by atoms with Crippen molar-refractivity contribution >= 4 is 0 Å². The van der Waals surface area contributed by atoms with Crippen molar-refractivity contribution < 1.29 is 9.13 Å². The van der Waals surface area contributed by atoms with Crippen molar-refractivity contribution in [1.82, 2.24) is 0 Å². The van der Waals surface area contributed by atoms with Gasteiger partial charge >= 0.3 is 0 Å². The number of aromatic nitrogens is 2. The van der Waals surface area contributed by atoms with Crippen molar-refractivity contribution in [3.8, 4) is 11.1 Å². The Balaban J connectivity index is 1.48. The molecule has 0 spiro atoms. The third-order valence-electron chi connectivity index (χ3n) is 4.56. The van der Waals surface area contributed by atoms with Crippen LogP contribution in [0.5, 0.6) is 0 Å². The quantitative estimate of drug-likeness (QED) is 0.437. The van der Waals surface area contributed by atoms with Crippen LogP contribution < -0.4 is 9.13 Å². The second-order valence-electron chi connectivity index (χ2n) is 6.34. The molecule has 0 saturated heterocycles. The largest absolute Gasteiger partial charge is 0.208 e. The first kappa shape index (κ1) is 15.0. The lowest BCUT2D eigenvalue weighted by atomic mass is 10.0. The average molecular weight is 294 g/mol. The Morgan fingerprint density at radius 3 is 2.27 bits per heavy atom. The van der Waals surface area contributed by atoms with Crippen LogP contribution >= 0.6 is 0 Å². The zero-order valence-electron chi connectivity index (χ0n) is 13.5. The zero-order chi connectivity index (χ0) is 15.2. The van der Waals surface area contributed by atoms with E-state index in [1.165, 1.54) is 43.2 Å². The van der Waals surface area contributed by atoms with Crippen molar-refractivity contribution in [2.75, 3.05) is 0 Å². The molecule has 1 aliphatic rings. The van der Waals surface area contributed by atoms with Crippen LogP contribution in [0.4, 0.5) is 0 Å². The van der Waals surface area contributed by atoms with Gasteiger partial charge in [-0.05, 0) is 42.7 Å². The number of pyridine rings is 2. The highest BCUT2D eigenvalue weighted by atomic mass is 14.9. The summed E-state index contributed by atoms with van der Waals surface area (Å²) in [5, 5.41) is 0. The first-order chi connectivity index (χ1) is 10.8. The number of hydrogen-bond donors (Lipinski definition) is 0. The van der Waals surface area contributed by atoms with Crippen LogP contribution in [0.25, 0.3) is 11.1 Å². The summed E-state index contributed by atoms with van der Waals surface area (Å²) in [6.45, 7) is 1.13. The fraction of sp³-hybridized carbons (Fsp3) is 0.400. The highest BCUT2D eigenvalue weighted by Gasteiger charge is 2.09. The number of nitrogens with zero attached hydrogens (tertiary/aromatic N) is 2. The summed E-state index contributed by atoms with van der Waals surface area (Å²) in [4.78, 5) is 0. The maximum Gasteiger partial charge on any atom is 0.169 e. The van der Waals surface area contributed by atoms with E-state index in [1.54, 1.807) is 0 Å². The van der Waals surface area contributed by atoms with Crippen LogP contribution in [0.1, 0.15) is 32.1 Å². The lowest BCUT2D eigenvalue weighted by Gasteiger charge is -2.05. The molecule has 2 nitrogen and oxygen atoms in total. The van der Waals surface area contributed by atoms with Crippen LogP contribution in [0.3, 0.4) is 0 Å². The summed E-state index contributed by atoms with van der Waals surface area (Å²) < 4.78 is 4.36. The number of hydrogen-bond acceptors (Lipinski definition) is 0. The van der Waals surface area contributed by atoms with E-state index in [0.29, 0.717) is 0 Å². The first-order valence-electron chi connectivity index (χ1n) is 8.43. The molecular formula is C20H26N2+2. The van der Waals surface area contributed by atoms with Crippen molar-refractivity contribution in [1.29, 1.82) is 0 Å². The van der Waals surface area contributed by atoms with Gasteiger partial charge in [-0.2, -0.15) is 0 Å². The van der Waals surface area contributed by atoms with E-state index < -0.39 is 0 Å². The van der Waals surface area contributed by atoms with E-state index in [-0.39, 0.29) is 0 Å². The van der Waals surface area contributed by atoms with Gasteiger partial charge in [-0.3, -0.25) is 0 Å². The maximum absolute atomic E-state index is 2.40. The van der Waals surface area contributed by atoms with E-state index in [9.17, 15) is 0 Å². The third kappa shape index (κ3) is 4.03. The predicted octanol–water partition coefficient (Wildman–Crippen LogP) is 3.60. The Hall–Kier alpha value is -1.96. The van der Waals surface area contributed by atoms with Crippen LogP contribution in [0.2, 0.25) is 0 Å². The van der Waals surface area contributed by atoms with Crippen LogP contribution in [0.15, 0.2) is 61.2 Å². The van der Waals surface area contributed by atoms with Gasteiger partial charge in [0.25, 0.3) is 0 Å². The van der Waals surface area contributed by atoms with Crippen molar-refractivity contribution in [3.63, 3.8) is 0 Å². The molecule has 1 atom stereocenters. The van der Waals surface area contributed by atoms with Crippen molar-refractivity contribution in [2.45, 2.75) is 38.6 Å². The molecule has 0 radical (unpaired) electrons. The Kier molecular flexibility index (Phi) is 4.99. The molecule has 1 aliphatic carbocycles. The van der Waals surface area contributed by atoms with Gasteiger partial charge in [0.2, 0.25) is 0 Å². The Bertz CT molecular complexity index is 611. The molecule has 114 valence electrons. The molecule has 0 aliphatic heterocycles. The fourth-order valence-electron chi connectivity index (χ4n) is 3.13. The molecule has 0 fully saturated rings. The van der Waals surface area contributed by atoms with Crippen LogP contribution in [0, 0.1) is 5.92 Å². The number of aryl methyl sites for hydroxylation is 2. The topological polar surface area (TPSA) is 7.76 Å². The van der Waals surface area contributed by atoms with Gasteiger partial charge in [0.1, 0.15) is 13.6 Å². The van der Waals surface area contributed by atoms with Gasteiger partial charge < -0.3 is 0 Å². The van der Waals surface area contributed by atoms with E-state index >= 15 is 0 Å². The lowest BCUT2D eigenvalue weighted by Crippen LogP contribution is -2.32. The van der Waals surface area contributed by atoms with Crippen molar-refractivity contribution in [2.24, 2.45) is 13.0 Å². The van der Waals surface area contributed by atoms with Gasteiger partial charge in [0.05, 0.1) is 0 Å². The van der Waals surface area contributed by atoms with Crippen LogP contribution in [-0.2, 0) is 13.6 Å². The smallest absolute Gasteiger partial charge is 0.169 e. The molecule has 0 unspecified atom stereocenters. The molecule has 0 saturated carbocycles. The molecule has 0 bridgehead atoms. The van der Waals surface area contributed by atoms with E-state index in [2.05, 4.69) is 70.3 Å². The predicted molar refractivity (Wildman–Crippen MR) is 89.0 cm³/mol. The summed E-state index contributed by atoms with van der Waals surface area (Å²) in [5.74, 6) is 0.854. The molecule has 3 rings (SSSR count). The van der Waals surface area contributed by atoms with Gasteiger partial charge in [-0.25, -0.2) is 9.13 Å². The summed E-state index contributed by atoms with van der Waals surface area (Å²) in [6, 6.07) is 8.76. The fourth-order valence-corrected chi connectivity index (χ4v) is 3.13. The van der Waals surface area contributed by atoms with E-state index in [4.69, 9.17) is 0 Å². The number of allylic oxidation sites excluding steroid dienone is 2. The van der Waals surface area contributed by atoms with Crippen molar-refractivity contribution in [3.05, 3.63) is 61.2 Å². The minimum absolute atomic E-state index is 0.854. The zero-order valence-corrected chi connectivity index (χ0v) is 13.5. The lowest BCUT2D eigenvalue weighted by molar-refractivity contribution is -0.697. The van der Waals surface area contributed by atoms with Gasteiger partial charge in [0, 0.05) is 30.7 Å². The molecule has 22 heavy (non-hydrogen) atoms. The number of unbranched alkanes of at least 4 members (excludes halogenated alkanes) is 1. The molecule has 2 aromatic heterocycles. The van der Waals surface area contributed by atoms with Crippen LogP contribution in [-0.4, -0.2) is 0 Å².